The maximum absolute atomic E-state index is 12.0. The molecule has 2 aromatic rings. The van der Waals surface area contributed by atoms with Crippen molar-refractivity contribution >= 4 is 11.8 Å². The largest absolute Gasteiger partial charge is 0.490 e. The van der Waals surface area contributed by atoms with Crippen LogP contribution in [0.2, 0.25) is 0 Å². The summed E-state index contributed by atoms with van der Waals surface area (Å²) in [5.74, 6) is 0.404. The smallest absolute Gasteiger partial charge is 0.276 e. The lowest BCUT2D eigenvalue weighted by Crippen LogP contribution is -2.44. The predicted molar refractivity (Wildman–Crippen MR) is 98.9 cm³/mol. The van der Waals surface area contributed by atoms with Crippen molar-refractivity contribution in [3.8, 4) is 11.5 Å². The Morgan fingerprint density at radius 3 is 2.12 bits per heavy atom. The summed E-state index contributed by atoms with van der Waals surface area (Å²) in [6, 6.07) is 16.9. The van der Waals surface area contributed by atoms with Gasteiger partial charge < -0.3 is 9.47 Å². The number of amides is 2. The van der Waals surface area contributed by atoms with Gasteiger partial charge in [0.05, 0.1) is 6.61 Å². The molecule has 0 aliphatic rings. The second kappa shape index (κ2) is 10.1. The second-order valence-corrected chi connectivity index (χ2v) is 5.78. The Hall–Kier alpha value is -3.02. The zero-order valence-electron chi connectivity index (χ0n) is 15.0. The van der Waals surface area contributed by atoms with E-state index in [4.69, 9.17) is 9.47 Å². The van der Waals surface area contributed by atoms with Gasteiger partial charge in [-0.3, -0.25) is 20.4 Å². The minimum Gasteiger partial charge on any atom is -0.490 e. The summed E-state index contributed by atoms with van der Waals surface area (Å²) >= 11 is 0. The molecule has 138 valence electrons. The third-order valence-electron chi connectivity index (χ3n) is 3.71. The van der Waals surface area contributed by atoms with Gasteiger partial charge in [0.1, 0.15) is 0 Å². The molecule has 0 bridgehead atoms. The van der Waals surface area contributed by atoms with Crippen molar-refractivity contribution in [2.24, 2.45) is 0 Å². The molecule has 0 aliphatic heterocycles. The summed E-state index contributed by atoms with van der Waals surface area (Å²) in [6.45, 7) is 4.11. The molecular formula is C20H24N2O4. The van der Waals surface area contributed by atoms with Gasteiger partial charge in [-0.25, -0.2) is 0 Å². The molecule has 0 saturated heterocycles. The van der Waals surface area contributed by atoms with Crippen molar-refractivity contribution in [1.82, 2.24) is 10.9 Å². The van der Waals surface area contributed by atoms with Gasteiger partial charge in [-0.1, -0.05) is 49.4 Å². The number of ether oxygens (including phenoxy) is 2. The number of carbonyl (C=O) groups is 2. The molecule has 0 heterocycles. The van der Waals surface area contributed by atoms with Crippen LogP contribution in [0.5, 0.6) is 11.5 Å². The maximum Gasteiger partial charge on any atom is 0.276 e. The molecule has 2 rings (SSSR count). The summed E-state index contributed by atoms with van der Waals surface area (Å²) in [4.78, 5) is 23.8. The van der Waals surface area contributed by atoms with Crippen molar-refractivity contribution in [1.29, 1.82) is 0 Å². The van der Waals surface area contributed by atoms with Crippen molar-refractivity contribution < 1.29 is 19.1 Å². The number of hydrogen-bond donors (Lipinski definition) is 2. The molecule has 2 amide bonds. The first kappa shape index (κ1) is 19.3. The summed E-state index contributed by atoms with van der Waals surface area (Å²) in [5.41, 5.74) is 5.84. The van der Waals surface area contributed by atoms with Crippen LogP contribution in [0.25, 0.3) is 0 Å². The van der Waals surface area contributed by atoms with E-state index < -0.39 is 5.91 Å². The van der Waals surface area contributed by atoms with Crippen molar-refractivity contribution in [3.05, 3.63) is 60.2 Å². The molecule has 6 heteroatoms. The number of hydrogen-bond acceptors (Lipinski definition) is 4. The second-order valence-electron chi connectivity index (χ2n) is 5.78. The number of rotatable bonds is 8. The lowest BCUT2D eigenvalue weighted by molar-refractivity contribution is -0.130. The van der Waals surface area contributed by atoms with E-state index in [1.54, 1.807) is 18.2 Å². The standard InChI is InChI=1S/C20H24N2O4/c1-3-25-17-11-7-8-12-18(17)26-14-20(24)22-21-19(23)13-15(2)16-9-5-4-6-10-16/h4-12,15H,3,13-14H2,1-2H3,(H,21,23)(H,22,24). The Morgan fingerprint density at radius 2 is 1.46 bits per heavy atom. The summed E-state index contributed by atoms with van der Waals surface area (Å²) in [5, 5.41) is 0. The van der Waals surface area contributed by atoms with Crippen LogP contribution in [0.4, 0.5) is 0 Å². The van der Waals surface area contributed by atoms with E-state index in [1.807, 2.05) is 50.2 Å². The zero-order chi connectivity index (χ0) is 18.8. The molecule has 2 N–H and O–H groups in total. The number of nitrogens with one attached hydrogen (secondary N) is 2. The van der Waals surface area contributed by atoms with Gasteiger partial charge in [-0.15, -0.1) is 0 Å². The van der Waals surface area contributed by atoms with Gasteiger partial charge >= 0.3 is 0 Å². The Bertz CT molecular complexity index is 719. The highest BCUT2D eigenvalue weighted by Gasteiger charge is 2.12. The topological polar surface area (TPSA) is 76.7 Å². The Labute approximate surface area is 153 Å². The molecular weight excluding hydrogens is 332 g/mol. The van der Waals surface area contributed by atoms with Crippen LogP contribution in [0, 0.1) is 0 Å². The molecule has 0 aromatic heterocycles. The summed E-state index contributed by atoms with van der Waals surface area (Å²) < 4.78 is 10.9. The normalized spacial score (nSPS) is 11.3. The average molecular weight is 356 g/mol. The first-order valence-electron chi connectivity index (χ1n) is 8.57. The first-order valence-corrected chi connectivity index (χ1v) is 8.57. The third kappa shape index (κ3) is 6.12. The fourth-order valence-corrected chi connectivity index (χ4v) is 2.39. The lowest BCUT2D eigenvalue weighted by atomic mass is 9.98. The van der Waals surface area contributed by atoms with Gasteiger partial charge in [-0.2, -0.15) is 0 Å². The van der Waals surface area contributed by atoms with Crippen LogP contribution < -0.4 is 20.3 Å². The van der Waals surface area contributed by atoms with E-state index in [0.717, 1.165) is 5.56 Å². The molecule has 1 atom stereocenters. The van der Waals surface area contributed by atoms with Gasteiger partial charge in [-0.05, 0) is 30.5 Å². The Kier molecular flexibility index (Phi) is 7.49. The third-order valence-corrected chi connectivity index (χ3v) is 3.71. The monoisotopic (exact) mass is 356 g/mol. The Balaban J connectivity index is 1.74. The van der Waals surface area contributed by atoms with Crippen molar-refractivity contribution in [2.45, 2.75) is 26.2 Å². The molecule has 2 aromatic carbocycles. The van der Waals surface area contributed by atoms with Crippen molar-refractivity contribution in [2.75, 3.05) is 13.2 Å². The maximum atomic E-state index is 12.0. The van der Waals surface area contributed by atoms with Crippen LogP contribution in [-0.4, -0.2) is 25.0 Å². The molecule has 0 fully saturated rings. The fourth-order valence-electron chi connectivity index (χ4n) is 2.39. The summed E-state index contributed by atoms with van der Waals surface area (Å²) in [7, 11) is 0. The van der Waals surface area contributed by atoms with Gasteiger partial charge in [0.15, 0.2) is 18.1 Å². The molecule has 6 nitrogen and oxygen atoms in total. The average Bonchev–Trinajstić information content (AvgIpc) is 2.66. The van der Waals surface area contributed by atoms with Crippen LogP contribution >= 0.6 is 0 Å². The summed E-state index contributed by atoms with van der Waals surface area (Å²) in [6.07, 6.45) is 0.276. The number of carbonyl (C=O) groups excluding carboxylic acids is 2. The van der Waals surface area contributed by atoms with Crippen LogP contribution in [0.1, 0.15) is 31.7 Å². The molecule has 0 saturated carbocycles. The number of para-hydroxylation sites is 2. The van der Waals surface area contributed by atoms with E-state index in [1.165, 1.54) is 0 Å². The molecule has 26 heavy (non-hydrogen) atoms. The first-order chi connectivity index (χ1) is 12.6. The highest BCUT2D eigenvalue weighted by atomic mass is 16.5. The highest BCUT2D eigenvalue weighted by molar-refractivity contribution is 5.83. The Morgan fingerprint density at radius 1 is 0.885 bits per heavy atom. The predicted octanol–water partition coefficient (Wildman–Crippen LogP) is 2.81. The minimum atomic E-state index is -0.447. The number of benzene rings is 2. The number of hydrazine groups is 1. The van der Waals surface area contributed by atoms with Gasteiger partial charge in [0.2, 0.25) is 5.91 Å². The van der Waals surface area contributed by atoms with Gasteiger partial charge in [0.25, 0.3) is 5.91 Å². The van der Waals surface area contributed by atoms with E-state index in [9.17, 15) is 9.59 Å². The van der Waals surface area contributed by atoms with Crippen molar-refractivity contribution in [3.63, 3.8) is 0 Å². The molecule has 1 unspecified atom stereocenters. The van der Waals surface area contributed by atoms with E-state index in [2.05, 4.69) is 10.9 Å². The van der Waals surface area contributed by atoms with Crippen LogP contribution in [0.3, 0.4) is 0 Å². The van der Waals surface area contributed by atoms with Crippen LogP contribution in [0.15, 0.2) is 54.6 Å². The quantitative estimate of drug-likeness (QED) is 0.713. The van der Waals surface area contributed by atoms with E-state index in [-0.39, 0.29) is 24.9 Å². The molecule has 0 spiro atoms. The molecule has 0 aliphatic carbocycles. The van der Waals surface area contributed by atoms with E-state index in [0.29, 0.717) is 18.1 Å². The van der Waals surface area contributed by atoms with Crippen LogP contribution in [-0.2, 0) is 9.59 Å². The van der Waals surface area contributed by atoms with E-state index >= 15 is 0 Å². The fraction of sp³-hybridized carbons (Fsp3) is 0.300. The molecule has 0 radical (unpaired) electrons. The zero-order valence-corrected chi connectivity index (χ0v) is 15.0. The van der Waals surface area contributed by atoms with Gasteiger partial charge in [0, 0.05) is 6.42 Å². The minimum absolute atomic E-state index is 0.0578. The lowest BCUT2D eigenvalue weighted by Gasteiger charge is -2.13. The SMILES string of the molecule is CCOc1ccccc1OCC(=O)NNC(=O)CC(C)c1ccccc1. The highest BCUT2D eigenvalue weighted by Crippen LogP contribution is 2.26.